The molecule has 2 heterocycles. The van der Waals surface area contributed by atoms with Crippen LogP contribution in [0.25, 0.3) is 10.9 Å². The number of hydrogen-bond acceptors (Lipinski definition) is 3. The normalized spacial score (nSPS) is 10.9. The summed E-state index contributed by atoms with van der Waals surface area (Å²) >= 11 is 0. The first-order chi connectivity index (χ1) is 14.0. The molecule has 0 saturated heterocycles. The van der Waals surface area contributed by atoms with Gasteiger partial charge in [0.15, 0.2) is 0 Å². The molecule has 0 aliphatic heterocycles. The molecular weight excluding hydrogens is 368 g/mol. The standard InChI is InChI=1S/C23H20N2O4/c1-15-4-6-16(7-5-15)22(26)21-3-2-10-25(21)11-12-29-18-8-9-19-17(13-18)14-20(24-19)23(27)28/h2-10,13-14,24H,11-12H2,1H3,(H,27,28). The third kappa shape index (κ3) is 3.91. The molecule has 0 amide bonds. The molecule has 0 aliphatic carbocycles. The molecule has 0 aliphatic rings. The van der Waals surface area contributed by atoms with Crippen LogP contribution in [-0.4, -0.2) is 33.0 Å². The third-order valence-electron chi connectivity index (χ3n) is 4.80. The van der Waals surface area contributed by atoms with Crippen molar-refractivity contribution in [1.82, 2.24) is 9.55 Å². The first kappa shape index (κ1) is 18.6. The van der Waals surface area contributed by atoms with Crippen LogP contribution in [0.2, 0.25) is 0 Å². The molecule has 0 radical (unpaired) electrons. The maximum atomic E-state index is 12.8. The predicted molar refractivity (Wildman–Crippen MR) is 110 cm³/mol. The summed E-state index contributed by atoms with van der Waals surface area (Å²) < 4.78 is 7.69. The van der Waals surface area contributed by atoms with E-state index in [2.05, 4.69) is 4.98 Å². The van der Waals surface area contributed by atoms with Crippen molar-refractivity contribution >= 4 is 22.7 Å². The van der Waals surface area contributed by atoms with Crippen LogP contribution < -0.4 is 4.74 Å². The molecule has 0 fully saturated rings. The van der Waals surface area contributed by atoms with Gasteiger partial charge in [0.05, 0.1) is 12.2 Å². The summed E-state index contributed by atoms with van der Waals surface area (Å²) in [6.45, 7) is 2.89. The third-order valence-corrected chi connectivity index (χ3v) is 4.80. The maximum absolute atomic E-state index is 12.8. The average Bonchev–Trinajstić information content (AvgIpc) is 3.34. The molecule has 0 spiro atoms. The Morgan fingerprint density at radius 2 is 1.86 bits per heavy atom. The Labute approximate surface area is 167 Å². The van der Waals surface area contributed by atoms with Gasteiger partial charge in [0, 0.05) is 22.7 Å². The Morgan fingerprint density at radius 3 is 2.62 bits per heavy atom. The first-order valence-corrected chi connectivity index (χ1v) is 9.26. The fourth-order valence-corrected chi connectivity index (χ4v) is 3.25. The summed E-state index contributed by atoms with van der Waals surface area (Å²) in [5.74, 6) is -0.376. The summed E-state index contributed by atoms with van der Waals surface area (Å²) in [6.07, 6.45) is 1.86. The number of hydrogen-bond donors (Lipinski definition) is 2. The summed E-state index contributed by atoms with van der Waals surface area (Å²) in [6, 6.07) is 18.1. The minimum atomic E-state index is -0.998. The van der Waals surface area contributed by atoms with Gasteiger partial charge >= 0.3 is 5.97 Å². The summed E-state index contributed by atoms with van der Waals surface area (Å²) in [7, 11) is 0. The van der Waals surface area contributed by atoms with Crippen LogP contribution in [0.15, 0.2) is 66.9 Å². The predicted octanol–water partition coefficient (Wildman–Crippen LogP) is 4.29. The average molecular weight is 388 g/mol. The van der Waals surface area contributed by atoms with Crippen molar-refractivity contribution in [2.24, 2.45) is 0 Å². The van der Waals surface area contributed by atoms with Gasteiger partial charge < -0.3 is 19.4 Å². The molecule has 2 aromatic carbocycles. The van der Waals surface area contributed by atoms with Crippen molar-refractivity contribution in [2.75, 3.05) is 6.61 Å². The number of fused-ring (bicyclic) bond motifs is 1. The van der Waals surface area contributed by atoms with Crippen LogP contribution in [0.5, 0.6) is 5.75 Å². The van der Waals surface area contributed by atoms with E-state index in [0.717, 1.165) is 16.5 Å². The molecule has 0 bridgehead atoms. The number of carboxylic acid groups (broad SMARTS) is 1. The number of aryl methyl sites for hydroxylation is 1. The molecule has 6 nitrogen and oxygen atoms in total. The van der Waals surface area contributed by atoms with Gasteiger partial charge in [-0.05, 0) is 43.3 Å². The highest BCUT2D eigenvalue weighted by molar-refractivity contribution is 6.08. The molecule has 2 N–H and O–H groups in total. The molecular formula is C23H20N2O4. The Hall–Kier alpha value is -3.80. The van der Waals surface area contributed by atoms with Crippen LogP contribution in [0.3, 0.4) is 0 Å². The molecule has 4 aromatic rings. The number of ketones is 1. The van der Waals surface area contributed by atoms with E-state index < -0.39 is 5.97 Å². The Kier molecular flexibility index (Phi) is 4.91. The number of carboxylic acids is 1. The van der Waals surface area contributed by atoms with E-state index in [-0.39, 0.29) is 11.5 Å². The van der Waals surface area contributed by atoms with Crippen LogP contribution in [0.1, 0.15) is 32.1 Å². The number of carbonyl (C=O) groups excluding carboxylic acids is 1. The Bertz CT molecular complexity index is 1190. The van der Waals surface area contributed by atoms with E-state index >= 15 is 0 Å². The highest BCUT2D eigenvalue weighted by atomic mass is 16.5. The maximum Gasteiger partial charge on any atom is 0.352 e. The van der Waals surface area contributed by atoms with Crippen molar-refractivity contribution in [3.05, 3.63) is 89.4 Å². The van der Waals surface area contributed by atoms with E-state index in [1.54, 1.807) is 24.3 Å². The minimum absolute atomic E-state index is 0.0232. The molecule has 29 heavy (non-hydrogen) atoms. The van der Waals surface area contributed by atoms with Crippen molar-refractivity contribution in [3.8, 4) is 5.75 Å². The second-order valence-electron chi connectivity index (χ2n) is 6.87. The lowest BCUT2D eigenvalue weighted by atomic mass is 10.1. The van der Waals surface area contributed by atoms with E-state index in [1.165, 1.54) is 0 Å². The topological polar surface area (TPSA) is 84.3 Å². The zero-order valence-electron chi connectivity index (χ0n) is 15.9. The fourth-order valence-electron chi connectivity index (χ4n) is 3.25. The van der Waals surface area contributed by atoms with Crippen molar-refractivity contribution < 1.29 is 19.4 Å². The minimum Gasteiger partial charge on any atom is -0.492 e. The number of aromatic carboxylic acids is 1. The van der Waals surface area contributed by atoms with Crippen LogP contribution in [0, 0.1) is 6.92 Å². The molecule has 146 valence electrons. The van der Waals surface area contributed by atoms with E-state index in [9.17, 15) is 9.59 Å². The van der Waals surface area contributed by atoms with Crippen molar-refractivity contribution in [2.45, 2.75) is 13.5 Å². The zero-order valence-corrected chi connectivity index (χ0v) is 15.9. The zero-order chi connectivity index (χ0) is 20.4. The lowest BCUT2D eigenvalue weighted by molar-refractivity contribution is 0.0691. The second-order valence-corrected chi connectivity index (χ2v) is 6.87. The molecule has 0 saturated carbocycles. The van der Waals surface area contributed by atoms with Gasteiger partial charge in [0.25, 0.3) is 0 Å². The van der Waals surface area contributed by atoms with E-state index in [0.29, 0.717) is 30.2 Å². The van der Waals surface area contributed by atoms with Crippen molar-refractivity contribution in [1.29, 1.82) is 0 Å². The number of H-pyrrole nitrogens is 1. The number of carbonyl (C=O) groups is 2. The first-order valence-electron chi connectivity index (χ1n) is 9.26. The van der Waals surface area contributed by atoms with E-state index in [4.69, 9.17) is 9.84 Å². The summed E-state index contributed by atoms with van der Waals surface area (Å²) in [4.78, 5) is 26.7. The van der Waals surface area contributed by atoms with Gasteiger partial charge in [-0.1, -0.05) is 29.8 Å². The number of ether oxygens (including phenoxy) is 1. The number of rotatable bonds is 7. The molecule has 4 rings (SSSR count). The molecule has 2 aromatic heterocycles. The van der Waals surface area contributed by atoms with Gasteiger partial charge in [-0.15, -0.1) is 0 Å². The van der Waals surface area contributed by atoms with Gasteiger partial charge in [0.2, 0.25) is 5.78 Å². The van der Waals surface area contributed by atoms with E-state index in [1.807, 2.05) is 54.1 Å². The number of benzene rings is 2. The largest absolute Gasteiger partial charge is 0.492 e. The van der Waals surface area contributed by atoms with Gasteiger partial charge in [-0.3, -0.25) is 4.79 Å². The monoisotopic (exact) mass is 388 g/mol. The number of nitrogens with one attached hydrogen (secondary N) is 1. The van der Waals surface area contributed by atoms with Crippen LogP contribution in [0.4, 0.5) is 0 Å². The van der Waals surface area contributed by atoms with Crippen molar-refractivity contribution in [3.63, 3.8) is 0 Å². The Balaban J connectivity index is 1.43. The highest BCUT2D eigenvalue weighted by Gasteiger charge is 2.13. The Morgan fingerprint density at radius 1 is 1.07 bits per heavy atom. The van der Waals surface area contributed by atoms with Gasteiger partial charge in [-0.2, -0.15) is 0 Å². The van der Waals surface area contributed by atoms with Crippen LogP contribution >= 0.6 is 0 Å². The number of nitrogens with zero attached hydrogens (tertiary/aromatic N) is 1. The fraction of sp³-hybridized carbons (Fsp3) is 0.130. The summed E-state index contributed by atoms with van der Waals surface area (Å²) in [5, 5.41) is 9.85. The SMILES string of the molecule is Cc1ccc(C(=O)c2cccn2CCOc2ccc3[nH]c(C(=O)O)cc3c2)cc1. The lowest BCUT2D eigenvalue weighted by Gasteiger charge is -2.10. The quantitative estimate of drug-likeness (QED) is 0.463. The number of aromatic amines is 1. The highest BCUT2D eigenvalue weighted by Crippen LogP contribution is 2.22. The molecule has 0 unspecified atom stereocenters. The van der Waals surface area contributed by atoms with Crippen LogP contribution in [-0.2, 0) is 6.54 Å². The molecule has 6 heteroatoms. The summed E-state index contributed by atoms with van der Waals surface area (Å²) in [5.41, 5.74) is 3.27. The number of aromatic nitrogens is 2. The second kappa shape index (κ2) is 7.67. The van der Waals surface area contributed by atoms with Gasteiger partial charge in [-0.25, -0.2) is 4.79 Å². The van der Waals surface area contributed by atoms with Gasteiger partial charge in [0.1, 0.15) is 18.1 Å². The smallest absolute Gasteiger partial charge is 0.352 e. The lowest BCUT2D eigenvalue weighted by Crippen LogP contribution is -2.14. The molecule has 0 atom stereocenters.